The molecule has 0 bridgehead atoms. The number of aryl methyl sites for hydroxylation is 1. The van der Waals surface area contributed by atoms with Crippen molar-refractivity contribution in [3.63, 3.8) is 0 Å². The summed E-state index contributed by atoms with van der Waals surface area (Å²) in [5.41, 5.74) is 7.48. The van der Waals surface area contributed by atoms with E-state index in [-0.39, 0.29) is 11.7 Å². The third-order valence-corrected chi connectivity index (χ3v) is 3.75. The number of hydrogen-bond donors (Lipinski definition) is 1. The van der Waals surface area contributed by atoms with Crippen molar-refractivity contribution in [1.82, 2.24) is 0 Å². The zero-order chi connectivity index (χ0) is 15.2. The number of halogens is 2. The van der Waals surface area contributed by atoms with Gasteiger partial charge in [-0.1, -0.05) is 35.9 Å². The molecule has 0 radical (unpaired) electrons. The van der Waals surface area contributed by atoms with Crippen molar-refractivity contribution in [1.29, 1.82) is 0 Å². The molecular weight excluding hydrogens is 289 g/mol. The van der Waals surface area contributed by atoms with Gasteiger partial charge in [0.1, 0.15) is 11.6 Å². The van der Waals surface area contributed by atoms with Gasteiger partial charge in [0.15, 0.2) is 0 Å². The fourth-order valence-corrected chi connectivity index (χ4v) is 2.41. The highest BCUT2D eigenvalue weighted by Gasteiger charge is 2.14. The van der Waals surface area contributed by atoms with Gasteiger partial charge in [-0.15, -0.1) is 0 Å². The molecule has 4 heteroatoms. The van der Waals surface area contributed by atoms with Crippen LogP contribution in [0.4, 0.5) is 4.39 Å². The van der Waals surface area contributed by atoms with E-state index in [1.54, 1.807) is 12.1 Å². The van der Waals surface area contributed by atoms with Gasteiger partial charge in [-0.25, -0.2) is 4.39 Å². The van der Waals surface area contributed by atoms with Crippen LogP contribution in [0.5, 0.6) is 5.75 Å². The quantitative estimate of drug-likeness (QED) is 0.863. The first kappa shape index (κ1) is 15.8. The van der Waals surface area contributed by atoms with Gasteiger partial charge in [0.25, 0.3) is 0 Å². The van der Waals surface area contributed by atoms with Gasteiger partial charge in [-0.3, -0.25) is 0 Å². The number of ether oxygens (including phenoxy) is 1. The highest BCUT2D eigenvalue weighted by molar-refractivity contribution is 6.32. The molecule has 0 saturated heterocycles. The van der Waals surface area contributed by atoms with Crippen LogP contribution in [0.3, 0.4) is 0 Å². The summed E-state index contributed by atoms with van der Waals surface area (Å²) in [4.78, 5) is 0. The summed E-state index contributed by atoms with van der Waals surface area (Å²) in [7, 11) is 0. The molecule has 0 saturated carbocycles. The first-order valence-corrected chi connectivity index (χ1v) is 7.33. The van der Waals surface area contributed by atoms with Crippen LogP contribution in [0, 0.1) is 12.7 Å². The first-order valence-electron chi connectivity index (χ1n) is 6.95. The van der Waals surface area contributed by atoms with Crippen molar-refractivity contribution in [2.45, 2.75) is 19.3 Å². The van der Waals surface area contributed by atoms with E-state index in [0.29, 0.717) is 35.9 Å². The minimum atomic E-state index is -0.221. The van der Waals surface area contributed by atoms with Crippen LogP contribution in [-0.2, 0) is 0 Å². The number of hydrogen-bond acceptors (Lipinski definition) is 2. The standard InChI is InChI=1S/C17H19ClFNO/c1-12-6-7-15(18)17(10-12)21-9-8-13(11-20)14-4-2-3-5-16(14)19/h2-7,10,13H,8-9,11,20H2,1H3. The molecule has 0 aliphatic rings. The predicted octanol–water partition coefficient (Wildman–Crippen LogP) is 4.30. The van der Waals surface area contributed by atoms with E-state index in [9.17, 15) is 4.39 Å². The molecule has 1 atom stereocenters. The molecule has 0 heterocycles. The van der Waals surface area contributed by atoms with Crippen LogP contribution in [0.25, 0.3) is 0 Å². The zero-order valence-corrected chi connectivity index (χ0v) is 12.7. The molecule has 2 aromatic carbocycles. The Labute approximate surface area is 129 Å². The van der Waals surface area contributed by atoms with Crippen LogP contribution in [0.2, 0.25) is 5.02 Å². The lowest BCUT2D eigenvalue weighted by Gasteiger charge is -2.17. The van der Waals surface area contributed by atoms with Crippen LogP contribution in [0.1, 0.15) is 23.5 Å². The molecule has 21 heavy (non-hydrogen) atoms. The molecule has 0 aliphatic heterocycles. The SMILES string of the molecule is Cc1ccc(Cl)c(OCCC(CN)c2ccccc2F)c1. The van der Waals surface area contributed by atoms with Crippen molar-refractivity contribution in [3.8, 4) is 5.75 Å². The van der Waals surface area contributed by atoms with E-state index in [0.717, 1.165) is 5.56 Å². The molecule has 112 valence electrons. The third-order valence-electron chi connectivity index (χ3n) is 3.44. The maximum Gasteiger partial charge on any atom is 0.138 e. The van der Waals surface area contributed by atoms with Crippen molar-refractivity contribution in [3.05, 3.63) is 64.4 Å². The largest absolute Gasteiger partial charge is 0.492 e. The Morgan fingerprint density at radius 1 is 1.24 bits per heavy atom. The highest BCUT2D eigenvalue weighted by atomic mass is 35.5. The monoisotopic (exact) mass is 307 g/mol. The number of benzene rings is 2. The second-order valence-corrected chi connectivity index (χ2v) is 5.43. The second kappa shape index (κ2) is 7.43. The molecule has 0 fully saturated rings. The minimum Gasteiger partial charge on any atom is -0.492 e. The summed E-state index contributed by atoms with van der Waals surface area (Å²) in [6, 6.07) is 12.3. The molecule has 2 N–H and O–H groups in total. The fourth-order valence-electron chi connectivity index (χ4n) is 2.24. The lowest BCUT2D eigenvalue weighted by atomic mass is 9.96. The Balaban J connectivity index is 1.98. The molecule has 0 spiro atoms. The maximum absolute atomic E-state index is 13.8. The fraction of sp³-hybridized carbons (Fsp3) is 0.294. The Kier molecular flexibility index (Phi) is 5.59. The molecule has 2 rings (SSSR count). The summed E-state index contributed by atoms with van der Waals surface area (Å²) in [5.74, 6) is 0.372. The van der Waals surface area contributed by atoms with E-state index in [4.69, 9.17) is 22.1 Å². The Hall–Kier alpha value is -1.58. The first-order chi connectivity index (χ1) is 10.1. The predicted molar refractivity (Wildman–Crippen MR) is 84.5 cm³/mol. The van der Waals surface area contributed by atoms with Crippen molar-refractivity contribution < 1.29 is 9.13 Å². The molecular formula is C17H19ClFNO. The van der Waals surface area contributed by atoms with Crippen LogP contribution >= 0.6 is 11.6 Å². The topological polar surface area (TPSA) is 35.2 Å². The minimum absolute atomic E-state index is 0.0604. The van der Waals surface area contributed by atoms with Gasteiger partial charge in [0, 0.05) is 5.92 Å². The van der Waals surface area contributed by atoms with Crippen LogP contribution < -0.4 is 10.5 Å². The molecule has 0 amide bonds. The normalized spacial score (nSPS) is 12.2. The van der Waals surface area contributed by atoms with E-state index in [1.165, 1.54) is 6.07 Å². The molecule has 2 aromatic rings. The van der Waals surface area contributed by atoms with Gasteiger partial charge >= 0.3 is 0 Å². The van der Waals surface area contributed by atoms with Crippen LogP contribution in [-0.4, -0.2) is 13.2 Å². The number of nitrogens with two attached hydrogens (primary N) is 1. The average molecular weight is 308 g/mol. The smallest absolute Gasteiger partial charge is 0.138 e. The molecule has 0 aliphatic carbocycles. The van der Waals surface area contributed by atoms with E-state index in [2.05, 4.69) is 0 Å². The molecule has 1 unspecified atom stereocenters. The number of rotatable bonds is 6. The van der Waals surface area contributed by atoms with Gasteiger partial charge in [-0.05, 0) is 49.2 Å². The lowest BCUT2D eigenvalue weighted by Crippen LogP contribution is -2.16. The summed E-state index contributed by atoms with van der Waals surface area (Å²) >= 11 is 6.08. The van der Waals surface area contributed by atoms with Gasteiger partial charge in [0.05, 0.1) is 11.6 Å². The van der Waals surface area contributed by atoms with Crippen molar-refractivity contribution in [2.75, 3.05) is 13.2 Å². The highest BCUT2D eigenvalue weighted by Crippen LogP contribution is 2.27. The van der Waals surface area contributed by atoms with Gasteiger partial charge < -0.3 is 10.5 Å². The van der Waals surface area contributed by atoms with E-state index in [1.807, 2.05) is 31.2 Å². The second-order valence-electron chi connectivity index (χ2n) is 5.03. The lowest BCUT2D eigenvalue weighted by molar-refractivity contribution is 0.297. The van der Waals surface area contributed by atoms with Crippen molar-refractivity contribution in [2.24, 2.45) is 5.73 Å². The Morgan fingerprint density at radius 3 is 2.71 bits per heavy atom. The van der Waals surface area contributed by atoms with Gasteiger partial charge in [-0.2, -0.15) is 0 Å². The Morgan fingerprint density at radius 2 is 2.00 bits per heavy atom. The summed E-state index contributed by atoms with van der Waals surface area (Å²) in [6.45, 7) is 2.80. The zero-order valence-electron chi connectivity index (χ0n) is 12.0. The maximum atomic E-state index is 13.8. The summed E-state index contributed by atoms with van der Waals surface area (Å²) in [6.07, 6.45) is 0.641. The molecule has 0 aromatic heterocycles. The van der Waals surface area contributed by atoms with Crippen LogP contribution in [0.15, 0.2) is 42.5 Å². The third kappa shape index (κ3) is 4.19. The molecule has 2 nitrogen and oxygen atoms in total. The summed E-state index contributed by atoms with van der Waals surface area (Å²) in [5, 5.41) is 0.579. The van der Waals surface area contributed by atoms with Gasteiger partial charge in [0.2, 0.25) is 0 Å². The van der Waals surface area contributed by atoms with Crippen molar-refractivity contribution >= 4 is 11.6 Å². The average Bonchev–Trinajstić information content (AvgIpc) is 2.48. The Bertz CT molecular complexity index is 603. The van der Waals surface area contributed by atoms with E-state index >= 15 is 0 Å². The van der Waals surface area contributed by atoms with E-state index < -0.39 is 0 Å². The summed E-state index contributed by atoms with van der Waals surface area (Å²) < 4.78 is 19.5.